The van der Waals surface area contributed by atoms with Gasteiger partial charge in [-0.15, -0.1) is 0 Å². The molecule has 7 nitrogen and oxygen atoms in total. The molecule has 2 rings (SSSR count). The molecule has 0 aromatic heterocycles. The Bertz CT molecular complexity index is 762. The molecule has 2 aromatic rings. The van der Waals surface area contributed by atoms with Crippen molar-refractivity contribution in [1.82, 2.24) is 5.32 Å². The summed E-state index contributed by atoms with van der Waals surface area (Å²) in [6, 6.07) is 16.6. The van der Waals surface area contributed by atoms with E-state index in [1.165, 1.54) is 0 Å². The number of carboxylic acids is 1. The average Bonchev–Trinajstić information content (AvgIpc) is 2.62. The zero-order chi connectivity index (χ0) is 19.2. The van der Waals surface area contributed by atoms with Gasteiger partial charge >= 0.3 is 12.0 Å². The monoisotopic (exact) mass is 357 g/mol. The summed E-state index contributed by atoms with van der Waals surface area (Å²) in [5.41, 5.74) is 0.538. The molecule has 0 aliphatic heterocycles. The van der Waals surface area contributed by atoms with Gasteiger partial charge in [0.1, 0.15) is 0 Å². The lowest BCUT2D eigenvalue weighted by Gasteiger charge is -2.22. The first-order valence-corrected chi connectivity index (χ1v) is 8.14. The van der Waals surface area contributed by atoms with Crippen LogP contribution in [0.2, 0.25) is 0 Å². The summed E-state index contributed by atoms with van der Waals surface area (Å²) in [7, 11) is 1.95. The van der Waals surface area contributed by atoms with Gasteiger partial charge in [-0.2, -0.15) is 0 Å². The maximum Gasteiger partial charge on any atom is 0.337 e. The predicted octanol–water partition coefficient (Wildman–Crippen LogP) is 2.28. The Balaban J connectivity index is 2.02. The lowest BCUT2D eigenvalue weighted by atomic mass is 10.1. The normalized spacial score (nSPS) is 12.7. The van der Waals surface area contributed by atoms with E-state index in [4.69, 9.17) is 5.11 Å². The maximum absolute atomic E-state index is 12.0. The first-order chi connectivity index (χ1) is 12.3. The second-order valence-corrected chi connectivity index (χ2v) is 6.24. The predicted molar refractivity (Wildman–Crippen MR) is 100 cm³/mol. The Morgan fingerprint density at radius 2 is 1.69 bits per heavy atom. The highest BCUT2D eigenvalue weighted by Gasteiger charge is 2.30. The first kappa shape index (κ1) is 19.3. The fourth-order valence-electron chi connectivity index (χ4n) is 2.30. The zero-order valence-electron chi connectivity index (χ0n) is 14.8. The fraction of sp³-hybridized carbons (Fsp3) is 0.263. The lowest BCUT2D eigenvalue weighted by molar-refractivity contribution is -0.155. The van der Waals surface area contributed by atoms with Crippen LogP contribution < -0.4 is 15.5 Å². The average molecular weight is 357 g/mol. The zero-order valence-corrected chi connectivity index (χ0v) is 14.8. The number of nitrogens with one attached hydrogen (secondary N) is 2. The van der Waals surface area contributed by atoms with Crippen LogP contribution in [0.3, 0.4) is 0 Å². The Kier molecular flexibility index (Phi) is 6.19. The molecule has 0 saturated carbocycles. The van der Waals surface area contributed by atoms with Crippen molar-refractivity contribution in [2.45, 2.75) is 19.1 Å². The number of aliphatic carboxylic acids is 1. The molecule has 2 aromatic carbocycles. The van der Waals surface area contributed by atoms with Gasteiger partial charge in [-0.05, 0) is 30.7 Å². The largest absolute Gasteiger partial charge is 0.479 e. The van der Waals surface area contributed by atoms with E-state index in [0.29, 0.717) is 12.2 Å². The second-order valence-electron chi connectivity index (χ2n) is 6.24. The molecule has 0 fully saturated rings. The third-order valence-corrected chi connectivity index (χ3v) is 3.92. The number of anilines is 2. The molecule has 1 unspecified atom stereocenters. The molecular formula is C19H23N3O4. The molecular weight excluding hydrogens is 334 g/mol. The summed E-state index contributed by atoms with van der Waals surface area (Å²) >= 11 is 0. The minimum atomic E-state index is -2.02. The van der Waals surface area contributed by atoms with E-state index >= 15 is 0 Å². The Morgan fingerprint density at radius 3 is 2.35 bits per heavy atom. The van der Waals surface area contributed by atoms with E-state index in [-0.39, 0.29) is 0 Å². The topological polar surface area (TPSA) is 102 Å². The van der Waals surface area contributed by atoms with Crippen LogP contribution in [-0.2, 0) is 11.3 Å². The van der Waals surface area contributed by atoms with Crippen molar-refractivity contribution < 1.29 is 19.8 Å². The molecule has 0 aliphatic carbocycles. The molecule has 0 heterocycles. The molecule has 1 atom stereocenters. The van der Waals surface area contributed by atoms with E-state index in [0.717, 1.165) is 18.2 Å². The van der Waals surface area contributed by atoms with Crippen LogP contribution in [0.4, 0.5) is 16.2 Å². The van der Waals surface area contributed by atoms with E-state index < -0.39 is 24.1 Å². The number of carboxylic acid groups (broad SMARTS) is 1. The van der Waals surface area contributed by atoms with Gasteiger partial charge in [0, 0.05) is 25.0 Å². The van der Waals surface area contributed by atoms with Crippen molar-refractivity contribution in [1.29, 1.82) is 0 Å². The third-order valence-electron chi connectivity index (χ3n) is 3.92. The number of hydrogen-bond donors (Lipinski definition) is 4. The van der Waals surface area contributed by atoms with Crippen molar-refractivity contribution in [3.63, 3.8) is 0 Å². The number of rotatable bonds is 7. The minimum Gasteiger partial charge on any atom is -0.479 e. The van der Waals surface area contributed by atoms with Crippen LogP contribution in [0.15, 0.2) is 54.6 Å². The quantitative estimate of drug-likeness (QED) is 0.609. The van der Waals surface area contributed by atoms with Gasteiger partial charge in [0.15, 0.2) is 5.60 Å². The van der Waals surface area contributed by atoms with E-state index in [9.17, 15) is 14.7 Å². The summed E-state index contributed by atoms with van der Waals surface area (Å²) in [6.45, 7) is 1.30. The summed E-state index contributed by atoms with van der Waals surface area (Å²) in [5.74, 6) is -1.40. The van der Waals surface area contributed by atoms with Gasteiger partial charge in [-0.1, -0.05) is 36.4 Å². The van der Waals surface area contributed by atoms with Gasteiger partial charge in [0.05, 0.1) is 6.54 Å². The van der Waals surface area contributed by atoms with Crippen LogP contribution in [0.25, 0.3) is 0 Å². The summed E-state index contributed by atoms with van der Waals surface area (Å²) in [4.78, 5) is 25.0. The van der Waals surface area contributed by atoms with Gasteiger partial charge in [0.2, 0.25) is 0 Å². The Morgan fingerprint density at radius 1 is 1.08 bits per heavy atom. The molecule has 0 aliphatic rings. The van der Waals surface area contributed by atoms with Crippen LogP contribution in [0, 0.1) is 0 Å². The van der Waals surface area contributed by atoms with Crippen molar-refractivity contribution in [3.05, 3.63) is 60.2 Å². The molecule has 0 radical (unpaired) electrons. The molecule has 0 bridgehead atoms. The summed E-state index contributed by atoms with van der Waals surface area (Å²) in [6.07, 6.45) is 0. The fourth-order valence-corrected chi connectivity index (χ4v) is 2.30. The number of carbonyl (C=O) groups excluding carboxylic acids is 1. The number of amides is 2. The highest BCUT2D eigenvalue weighted by atomic mass is 16.4. The highest BCUT2D eigenvalue weighted by Crippen LogP contribution is 2.20. The van der Waals surface area contributed by atoms with Crippen molar-refractivity contribution >= 4 is 23.4 Å². The van der Waals surface area contributed by atoms with Crippen molar-refractivity contribution in [2.75, 3.05) is 23.8 Å². The number of nitrogens with zero attached hydrogens (tertiary/aromatic N) is 1. The van der Waals surface area contributed by atoms with E-state index in [1.807, 2.05) is 54.4 Å². The van der Waals surface area contributed by atoms with Crippen LogP contribution in [-0.4, -0.2) is 41.4 Å². The van der Waals surface area contributed by atoms with Gasteiger partial charge in [0.25, 0.3) is 0 Å². The summed E-state index contributed by atoms with van der Waals surface area (Å²) < 4.78 is 0. The SMILES string of the molecule is CN(Cc1ccccc1NC(=O)NCC(C)(O)C(=O)O)c1ccccc1. The molecule has 7 heteroatoms. The molecule has 0 spiro atoms. The number of carbonyl (C=O) groups is 2. The molecule has 0 saturated heterocycles. The Hall–Kier alpha value is -3.06. The van der Waals surface area contributed by atoms with Crippen LogP contribution in [0.1, 0.15) is 12.5 Å². The summed E-state index contributed by atoms with van der Waals surface area (Å²) in [5, 5.41) is 23.6. The number of aliphatic hydroxyl groups is 1. The van der Waals surface area contributed by atoms with Crippen LogP contribution in [0.5, 0.6) is 0 Å². The number of urea groups is 1. The van der Waals surface area contributed by atoms with Crippen molar-refractivity contribution in [3.8, 4) is 0 Å². The molecule has 26 heavy (non-hydrogen) atoms. The number of para-hydroxylation sites is 2. The van der Waals surface area contributed by atoms with Crippen molar-refractivity contribution in [2.24, 2.45) is 0 Å². The standard InChI is InChI=1S/C19H23N3O4/c1-19(26,17(23)24)13-20-18(25)21-16-11-7-6-8-14(16)12-22(2)15-9-4-3-5-10-15/h3-11,26H,12-13H2,1-2H3,(H,23,24)(H2,20,21,25). The minimum absolute atomic E-state index is 0.403. The second kappa shape index (κ2) is 8.35. The maximum atomic E-state index is 12.0. The highest BCUT2D eigenvalue weighted by molar-refractivity contribution is 5.90. The van der Waals surface area contributed by atoms with E-state index in [2.05, 4.69) is 10.6 Å². The Labute approximate surface area is 152 Å². The first-order valence-electron chi connectivity index (χ1n) is 8.14. The number of benzene rings is 2. The molecule has 4 N–H and O–H groups in total. The van der Waals surface area contributed by atoms with Crippen LogP contribution >= 0.6 is 0 Å². The molecule has 2 amide bonds. The van der Waals surface area contributed by atoms with Gasteiger partial charge in [-0.3, -0.25) is 0 Å². The lowest BCUT2D eigenvalue weighted by Crippen LogP contribution is -2.47. The van der Waals surface area contributed by atoms with Gasteiger partial charge in [-0.25, -0.2) is 9.59 Å². The van der Waals surface area contributed by atoms with Gasteiger partial charge < -0.3 is 25.7 Å². The number of hydrogen-bond acceptors (Lipinski definition) is 4. The van der Waals surface area contributed by atoms with E-state index in [1.54, 1.807) is 12.1 Å². The molecule has 138 valence electrons. The smallest absolute Gasteiger partial charge is 0.337 e. The third kappa shape index (κ3) is 5.22.